The van der Waals surface area contributed by atoms with Crippen LogP contribution in [-0.2, 0) is 14.3 Å². The highest BCUT2D eigenvalue weighted by Gasteiger charge is 2.21. The molecule has 2 aromatic rings. The fourth-order valence-corrected chi connectivity index (χ4v) is 4.32. The maximum absolute atomic E-state index is 12.1. The summed E-state index contributed by atoms with van der Waals surface area (Å²) in [6, 6.07) is 0. The second-order valence-corrected chi connectivity index (χ2v) is 7.13. The highest BCUT2D eigenvalue weighted by Crippen LogP contribution is 2.35. The molecule has 7 nitrogen and oxygen atoms in total. The molecule has 25 heavy (non-hydrogen) atoms. The molecule has 1 amide bonds. The Balaban J connectivity index is 2.24. The van der Waals surface area contributed by atoms with Crippen LogP contribution in [0.25, 0.3) is 10.2 Å². The fraction of sp³-hybridized carbons (Fsp3) is 0.500. The minimum atomic E-state index is -0.353. The Bertz CT molecular complexity index is 776. The number of carbonyl (C=O) groups is 2. The van der Waals surface area contributed by atoms with Crippen LogP contribution in [0.15, 0.2) is 5.03 Å². The number of aromatic nitrogens is 2. The summed E-state index contributed by atoms with van der Waals surface area (Å²) in [5.41, 5.74) is 0.792. The van der Waals surface area contributed by atoms with Crippen LogP contribution >= 0.6 is 23.1 Å². The van der Waals surface area contributed by atoms with Crippen molar-refractivity contribution in [3.05, 3.63) is 16.3 Å². The van der Waals surface area contributed by atoms with Gasteiger partial charge in [0, 0.05) is 19.0 Å². The summed E-state index contributed by atoms with van der Waals surface area (Å²) in [7, 11) is 1.59. The predicted molar refractivity (Wildman–Crippen MR) is 98.5 cm³/mol. The molecule has 2 heterocycles. The molecule has 2 rings (SSSR count). The molecule has 0 radical (unpaired) electrons. The summed E-state index contributed by atoms with van der Waals surface area (Å²) >= 11 is 2.63. The van der Waals surface area contributed by atoms with Gasteiger partial charge in [0.2, 0.25) is 5.91 Å². The van der Waals surface area contributed by atoms with Crippen LogP contribution < -0.4 is 5.32 Å². The van der Waals surface area contributed by atoms with Crippen molar-refractivity contribution in [3.8, 4) is 0 Å². The number of amides is 1. The summed E-state index contributed by atoms with van der Waals surface area (Å²) in [5, 5.41) is 4.29. The molecule has 0 aliphatic rings. The largest absolute Gasteiger partial charge is 0.462 e. The predicted octanol–water partition coefficient (Wildman–Crippen LogP) is 2.34. The van der Waals surface area contributed by atoms with Gasteiger partial charge in [-0.2, -0.15) is 0 Å². The molecule has 0 fully saturated rings. The van der Waals surface area contributed by atoms with E-state index in [1.54, 1.807) is 21.0 Å². The number of hydrogen-bond donors (Lipinski definition) is 1. The van der Waals surface area contributed by atoms with Gasteiger partial charge in [-0.1, -0.05) is 11.8 Å². The molecule has 0 aliphatic carbocycles. The van der Waals surface area contributed by atoms with Gasteiger partial charge in [-0.3, -0.25) is 4.79 Å². The summed E-state index contributed by atoms with van der Waals surface area (Å²) in [6.07, 6.45) is 0. The standard InChI is InChI=1S/C16H21N3O4S2/c1-5-23-16(21)13-9(2)12-14(18-10(3)19-15(12)25-13)24-8-11(20)17-6-7-22-4/h5-8H2,1-4H3,(H,17,20). The zero-order chi connectivity index (χ0) is 18.4. The third-order valence-corrected chi connectivity index (χ3v) is 5.44. The van der Waals surface area contributed by atoms with E-state index in [-0.39, 0.29) is 17.6 Å². The van der Waals surface area contributed by atoms with Gasteiger partial charge in [0.15, 0.2) is 0 Å². The first-order chi connectivity index (χ1) is 12.0. The quantitative estimate of drug-likeness (QED) is 0.324. The van der Waals surface area contributed by atoms with E-state index in [9.17, 15) is 9.59 Å². The zero-order valence-corrected chi connectivity index (χ0v) is 16.3. The van der Waals surface area contributed by atoms with Crippen LogP contribution in [0.4, 0.5) is 0 Å². The Hall–Kier alpha value is -1.71. The van der Waals surface area contributed by atoms with Gasteiger partial charge in [-0.05, 0) is 26.3 Å². The number of thioether (sulfide) groups is 1. The Labute approximate surface area is 154 Å². The maximum Gasteiger partial charge on any atom is 0.348 e. The summed E-state index contributed by atoms with van der Waals surface area (Å²) in [6.45, 7) is 6.68. The van der Waals surface area contributed by atoms with Crippen LogP contribution in [0.3, 0.4) is 0 Å². The van der Waals surface area contributed by atoms with Crippen LogP contribution in [0.2, 0.25) is 0 Å². The molecule has 0 unspecified atom stereocenters. The molecular weight excluding hydrogens is 362 g/mol. The Morgan fingerprint density at radius 3 is 2.72 bits per heavy atom. The van der Waals surface area contributed by atoms with Crippen molar-refractivity contribution in [2.75, 3.05) is 32.6 Å². The van der Waals surface area contributed by atoms with E-state index in [1.807, 2.05) is 6.92 Å². The Kier molecular flexibility index (Phi) is 7.15. The number of nitrogens with zero attached hydrogens (tertiary/aromatic N) is 2. The van der Waals surface area contributed by atoms with Crippen molar-refractivity contribution in [1.82, 2.24) is 15.3 Å². The van der Waals surface area contributed by atoms with Crippen molar-refractivity contribution in [1.29, 1.82) is 0 Å². The van der Waals surface area contributed by atoms with Crippen molar-refractivity contribution in [2.24, 2.45) is 0 Å². The second-order valence-electron chi connectivity index (χ2n) is 5.16. The first kappa shape index (κ1) is 19.6. The van der Waals surface area contributed by atoms with E-state index in [0.717, 1.165) is 15.8 Å². The minimum Gasteiger partial charge on any atom is -0.462 e. The normalized spacial score (nSPS) is 10.9. The molecule has 1 N–H and O–H groups in total. The third-order valence-electron chi connectivity index (χ3n) is 3.30. The van der Waals surface area contributed by atoms with Gasteiger partial charge in [0.25, 0.3) is 0 Å². The highest BCUT2D eigenvalue weighted by molar-refractivity contribution is 8.00. The van der Waals surface area contributed by atoms with Crippen molar-refractivity contribution < 1.29 is 19.1 Å². The van der Waals surface area contributed by atoms with Crippen LogP contribution in [0.1, 0.15) is 28.0 Å². The topological polar surface area (TPSA) is 90.4 Å². The number of esters is 1. The number of aryl methyl sites for hydroxylation is 2. The SMILES string of the molecule is CCOC(=O)c1sc2nc(C)nc(SCC(=O)NCCOC)c2c1C. The van der Waals surface area contributed by atoms with Crippen LogP contribution in [-0.4, -0.2) is 54.5 Å². The number of rotatable bonds is 8. The molecule has 0 atom stereocenters. The summed E-state index contributed by atoms with van der Waals surface area (Å²) in [5.74, 6) is 0.393. The van der Waals surface area contributed by atoms with Gasteiger partial charge in [-0.25, -0.2) is 14.8 Å². The van der Waals surface area contributed by atoms with Gasteiger partial charge >= 0.3 is 5.97 Å². The smallest absolute Gasteiger partial charge is 0.348 e. The van der Waals surface area contributed by atoms with Gasteiger partial charge < -0.3 is 14.8 Å². The van der Waals surface area contributed by atoms with Gasteiger partial charge in [-0.15, -0.1) is 11.3 Å². The second kappa shape index (κ2) is 9.12. The van der Waals surface area contributed by atoms with Crippen molar-refractivity contribution in [2.45, 2.75) is 25.8 Å². The van der Waals surface area contributed by atoms with Crippen molar-refractivity contribution in [3.63, 3.8) is 0 Å². The van der Waals surface area contributed by atoms with Crippen molar-refractivity contribution >= 4 is 45.2 Å². The third kappa shape index (κ3) is 4.90. The fourth-order valence-electron chi connectivity index (χ4n) is 2.18. The van der Waals surface area contributed by atoms with E-state index in [1.165, 1.54) is 23.1 Å². The van der Waals surface area contributed by atoms with E-state index in [0.29, 0.717) is 35.5 Å². The Morgan fingerprint density at radius 1 is 1.28 bits per heavy atom. The summed E-state index contributed by atoms with van der Waals surface area (Å²) in [4.78, 5) is 34.1. The van der Waals surface area contributed by atoms with E-state index in [4.69, 9.17) is 9.47 Å². The lowest BCUT2D eigenvalue weighted by Gasteiger charge is -2.06. The van der Waals surface area contributed by atoms with Gasteiger partial charge in [0.1, 0.15) is 20.6 Å². The first-order valence-electron chi connectivity index (χ1n) is 7.81. The highest BCUT2D eigenvalue weighted by atomic mass is 32.2. The zero-order valence-electron chi connectivity index (χ0n) is 14.7. The monoisotopic (exact) mass is 383 g/mol. The van der Waals surface area contributed by atoms with Gasteiger partial charge in [0.05, 0.1) is 19.0 Å². The molecule has 0 saturated heterocycles. The lowest BCUT2D eigenvalue weighted by Crippen LogP contribution is -2.28. The molecule has 0 bridgehead atoms. The molecule has 9 heteroatoms. The minimum absolute atomic E-state index is 0.0926. The number of methoxy groups -OCH3 is 1. The average Bonchev–Trinajstić information content (AvgIpc) is 2.90. The van der Waals surface area contributed by atoms with E-state index in [2.05, 4.69) is 15.3 Å². The molecule has 136 valence electrons. The summed E-state index contributed by atoms with van der Waals surface area (Å²) < 4.78 is 10.0. The first-order valence-corrected chi connectivity index (χ1v) is 9.61. The lowest BCUT2D eigenvalue weighted by atomic mass is 10.2. The molecular formula is C16H21N3O4S2. The average molecular weight is 383 g/mol. The van der Waals surface area contributed by atoms with E-state index >= 15 is 0 Å². The van der Waals surface area contributed by atoms with Crippen LogP contribution in [0, 0.1) is 13.8 Å². The number of thiophene rings is 1. The maximum atomic E-state index is 12.1. The molecule has 0 aromatic carbocycles. The Morgan fingerprint density at radius 2 is 2.04 bits per heavy atom. The number of fused-ring (bicyclic) bond motifs is 1. The van der Waals surface area contributed by atoms with Crippen LogP contribution in [0.5, 0.6) is 0 Å². The molecule has 0 aliphatic heterocycles. The molecule has 0 spiro atoms. The van der Waals surface area contributed by atoms with E-state index < -0.39 is 0 Å². The lowest BCUT2D eigenvalue weighted by molar-refractivity contribution is -0.118. The molecule has 2 aromatic heterocycles. The number of hydrogen-bond acceptors (Lipinski definition) is 8. The number of carbonyl (C=O) groups excluding carboxylic acids is 2. The molecule has 0 saturated carbocycles. The number of nitrogens with one attached hydrogen (secondary N) is 1. The number of ether oxygens (including phenoxy) is 2.